The molecule has 17 heavy (non-hydrogen) atoms. The second kappa shape index (κ2) is 8.06. The van der Waals surface area contributed by atoms with Gasteiger partial charge in [0.05, 0.1) is 6.61 Å². The molecule has 0 radical (unpaired) electrons. The summed E-state index contributed by atoms with van der Waals surface area (Å²) in [4.78, 5) is 0. The minimum absolute atomic E-state index is 0.165. The highest BCUT2D eigenvalue weighted by Gasteiger charge is 2.32. The molecule has 0 amide bonds. The van der Waals surface area contributed by atoms with Crippen molar-refractivity contribution in [2.75, 3.05) is 32.9 Å². The van der Waals surface area contributed by atoms with E-state index >= 15 is 0 Å². The second-order valence-electron chi connectivity index (χ2n) is 5.84. The van der Waals surface area contributed by atoms with Gasteiger partial charge in [0.15, 0.2) is 0 Å². The molecule has 3 heteroatoms. The largest absolute Gasteiger partial charge is 0.396 e. The van der Waals surface area contributed by atoms with Gasteiger partial charge in [-0.05, 0) is 25.2 Å². The van der Waals surface area contributed by atoms with Gasteiger partial charge < -0.3 is 15.2 Å². The summed E-state index contributed by atoms with van der Waals surface area (Å²) in [5.74, 6) is 0.721. The molecular weight excluding hydrogens is 214 g/mol. The van der Waals surface area contributed by atoms with Crippen LogP contribution in [0.5, 0.6) is 0 Å². The maximum atomic E-state index is 9.45. The lowest BCUT2D eigenvalue weighted by Gasteiger charge is -2.26. The molecule has 1 aliphatic carbocycles. The van der Waals surface area contributed by atoms with Crippen LogP contribution in [0.2, 0.25) is 0 Å². The van der Waals surface area contributed by atoms with Crippen LogP contribution in [0.1, 0.15) is 46.0 Å². The first-order valence-corrected chi connectivity index (χ1v) is 7.08. The van der Waals surface area contributed by atoms with Gasteiger partial charge in [-0.25, -0.2) is 0 Å². The third-order valence-corrected chi connectivity index (χ3v) is 3.76. The van der Waals surface area contributed by atoms with Crippen molar-refractivity contribution in [1.82, 2.24) is 5.32 Å². The number of rotatable bonds is 9. The van der Waals surface area contributed by atoms with Crippen molar-refractivity contribution in [3.63, 3.8) is 0 Å². The van der Waals surface area contributed by atoms with Crippen LogP contribution in [0.3, 0.4) is 0 Å². The standard InChI is InChI=1S/C14H29NO2/c1-13(2)5-9-17-10-8-15-11-14(12-16)6-3-4-7-14/h13,15-16H,3-12H2,1-2H3. The molecule has 0 unspecified atom stereocenters. The molecule has 1 aliphatic rings. The van der Waals surface area contributed by atoms with Crippen LogP contribution in [0.15, 0.2) is 0 Å². The lowest BCUT2D eigenvalue weighted by molar-refractivity contribution is 0.108. The van der Waals surface area contributed by atoms with E-state index in [4.69, 9.17) is 4.74 Å². The number of aliphatic hydroxyl groups excluding tert-OH is 1. The molecule has 0 spiro atoms. The summed E-state index contributed by atoms with van der Waals surface area (Å²) in [7, 11) is 0. The molecule has 0 aromatic carbocycles. The first-order chi connectivity index (χ1) is 8.18. The average Bonchev–Trinajstić information content (AvgIpc) is 2.77. The Kier molecular flexibility index (Phi) is 7.09. The van der Waals surface area contributed by atoms with E-state index in [1.807, 2.05) is 0 Å². The maximum Gasteiger partial charge on any atom is 0.0590 e. The zero-order chi connectivity index (χ0) is 12.6. The minimum Gasteiger partial charge on any atom is -0.396 e. The fraction of sp³-hybridized carbons (Fsp3) is 1.00. The first kappa shape index (κ1) is 14.9. The molecule has 0 saturated heterocycles. The smallest absolute Gasteiger partial charge is 0.0590 e. The van der Waals surface area contributed by atoms with E-state index in [0.717, 1.165) is 38.6 Å². The van der Waals surface area contributed by atoms with Crippen LogP contribution in [0, 0.1) is 11.3 Å². The van der Waals surface area contributed by atoms with Crippen molar-refractivity contribution in [3.05, 3.63) is 0 Å². The molecule has 1 saturated carbocycles. The summed E-state index contributed by atoms with van der Waals surface area (Å²) >= 11 is 0. The van der Waals surface area contributed by atoms with Gasteiger partial charge in [0, 0.05) is 31.7 Å². The molecule has 1 fully saturated rings. The Morgan fingerprint density at radius 1 is 1.24 bits per heavy atom. The minimum atomic E-state index is 0.165. The van der Waals surface area contributed by atoms with E-state index in [1.54, 1.807) is 0 Å². The van der Waals surface area contributed by atoms with Crippen molar-refractivity contribution in [1.29, 1.82) is 0 Å². The van der Waals surface area contributed by atoms with Crippen LogP contribution < -0.4 is 5.32 Å². The van der Waals surface area contributed by atoms with E-state index < -0.39 is 0 Å². The van der Waals surface area contributed by atoms with Crippen molar-refractivity contribution in [2.24, 2.45) is 11.3 Å². The molecule has 1 rings (SSSR count). The molecule has 0 atom stereocenters. The van der Waals surface area contributed by atoms with Crippen molar-refractivity contribution in [2.45, 2.75) is 46.0 Å². The number of ether oxygens (including phenoxy) is 1. The van der Waals surface area contributed by atoms with E-state index in [-0.39, 0.29) is 5.41 Å². The molecule has 0 aliphatic heterocycles. The van der Waals surface area contributed by atoms with Crippen molar-refractivity contribution in [3.8, 4) is 0 Å². The van der Waals surface area contributed by atoms with Crippen molar-refractivity contribution >= 4 is 0 Å². The van der Waals surface area contributed by atoms with Gasteiger partial charge in [-0.1, -0.05) is 26.7 Å². The van der Waals surface area contributed by atoms with Gasteiger partial charge in [0.25, 0.3) is 0 Å². The number of nitrogens with one attached hydrogen (secondary N) is 1. The van der Waals surface area contributed by atoms with Gasteiger partial charge in [-0.15, -0.1) is 0 Å². The molecule has 2 N–H and O–H groups in total. The van der Waals surface area contributed by atoms with Crippen LogP contribution in [0.25, 0.3) is 0 Å². The summed E-state index contributed by atoms with van der Waals surface area (Å²) in [5.41, 5.74) is 0.165. The summed E-state index contributed by atoms with van der Waals surface area (Å²) in [6.45, 7) is 8.25. The topological polar surface area (TPSA) is 41.5 Å². The second-order valence-corrected chi connectivity index (χ2v) is 5.84. The van der Waals surface area contributed by atoms with Crippen LogP contribution in [0.4, 0.5) is 0 Å². The van der Waals surface area contributed by atoms with E-state index in [1.165, 1.54) is 25.7 Å². The fourth-order valence-electron chi connectivity index (χ4n) is 2.43. The highest BCUT2D eigenvalue weighted by atomic mass is 16.5. The molecular formula is C14H29NO2. The lowest BCUT2D eigenvalue weighted by atomic mass is 9.87. The first-order valence-electron chi connectivity index (χ1n) is 7.08. The van der Waals surface area contributed by atoms with Gasteiger partial charge in [-0.2, -0.15) is 0 Å². The lowest BCUT2D eigenvalue weighted by Crippen LogP contribution is -2.36. The molecule has 0 aromatic heterocycles. The number of aliphatic hydroxyl groups is 1. The highest BCUT2D eigenvalue weighted by Crippen LogP contribution is 2.36. The Balaban J connectivity index is 1.96. The third kappa shape index (κ3) is 5.84. The predicted molar refractivity (Wildman–Crippen MR) is 71.1 cm³/mol. The Hall–Kier alpha value is -0.120. The SMILES string of the molecule is CC(C)CCOCCNCC1(CO)CCCC1. The van der Waals surface area contributed by atoms with Gasteiger partial charge in [-0.3, -0.25) is 0 Å². The predicted octanol–water partition coefficient (Wildman–Crippen LogP) is 2.19. The quantitative estimate of drug-likeness (QED) is 0.610. The van der Waals surface area contributed by atoms with Crippen LogP contribution in [-0.4, -0.2) is 38.0 Å². The Morgan fingerprint density at radius 3 is 2.53 bits per heavy atom. The Morgan fingerprint density at radius 2 is 1.94 bits per heavy atom. The van der Waals surface area contributed by atoms with Crippen LogP contribution in [-0.2, 0) is 4.74 Å². The number of hydrogen-bond donors (Lipinski definition) is 2. The zero-order valence-corrected chi connectivity index (χ0v) is 11.5. The summed E-state index contributed by atoms with van der Waals surface area (Å²) in [5, 5.41) is 12.9. The monoisotopic (exact) mass is 243 g/mol. The molecule has 0 aromatic rings. The fourth-order valence-corrected chi connectivity index (χ4v) is 2.43. The summed E-state index contributed by atoms with van der Waals surface area (Å²) < 4.78 is 5.55. The third-order valence-electron chi connectivity index (χ3n) is 3.76. The van der Waals surface area contributed by atoms with E-state index in [9.17, 15) is 5.11 Å². The highest BCUT2D eigenvalue weighted by molar-refractivity contribution is 4.85. The zero-order valence-electron chi connectivity index (χ0n) is 11.5. The normalized spacial score (nSPS) is 19.1. The summed E-state index contributed by atoms with van der Waals surface area (Å²) in [6, 6.07) is 0. The average molecular weight is 243 g/mol. The molecule has 0 bridgehead atoms. The van der Waals surface area contributed by atoms with Crippen LogP contribution >= 0.6 is 0 Å². The van der Waals surface area contributed by atoms with Gasteiger partial charge in [0.2, 0.25) is 0 Å². The summed E-state index contributed by atoms with van der Waals surface area (Å²) in [6.07, 6.45) is 6.02. The Bertz CT molecular complexity index is 189. The van der Waals surface area contributed by atoms with E-state index in [0.29, 0.717) is 6.61 Å². The van der Waals surface area contributed by atoms with Gasteiger partial charge in [0.1, 0.15) is 0 Å². The molecule has 102 valence electrons. The maximum absolute atomic E-state index is 9.45. The molecule has 0 heterocycles. The Labute approximate surface area is 106 Å². The van der Waals surface area contributed by atoms with E-state index in [2.05, 4.69) is 19.2 Å². The number of hydrogen-bond acceptors (Lipinski definition) is 3. The van der Waals surface area contributed by atoms with Gasteiger partial charge >= 0.3 is 0 Å². The van der Waals surface area contributed by atoms with Crippen molar-refractivity contribution < 1.29 is 9.84 Å². The molecule has 3 nitrogen and oxygen atoms in total.